The van der Waals surface area contributed by atoms with Crippen molar-refractivity contribution < 1.29 is 4.52 Å². The van der Waals surface area contributed by atoms with Gasteiger partial charge < -0.3 is 9.84 Å². The average molecular weight is 363 g/mol. The second kappa shape index (κ2) is 5.44. The third-order valence-corrected chi connectivity index (χ3v) is 5.34. The number of likely N-dealkylation sites (N-methyl/N-ethyl adjacent to an activating group) is 1. The summed E-state index contributed by atoms with van der Waals surface area (Å²) in [4.78, 5) is 7.03. The van der Waals surface area contributed by atoms with E-state index in [-0.39, 0.29) is 11.5 Å². The van der Waals surface area contributed by atoms with Crippen LogP contribution < -0.4 is 5.32 Å². The van der Waals surface area contributed by atoms with Crippen LogP contribution in [0.3, 0.4) is 0 Å². The zero-order valence-corrected chi connectivity index (χ0v) is 14.1. The van der Waals surface area contributed by atoms with E-state index in [2.05, 4.69) is 62.6 Å². The van der Waals surface area contributed by atoms with E-state index < -0.39 is 0 Å². The lowest BCUT2D eigenvalue weighted by Crippen LogP contribution is -2.44. The molecule has 6 heteroatoms. The number of nitrogens with zero attached hydrogens (tertiary/aromatic N) is 3. The maximum absolute atomic E-state index is 5.65. The molecule has 2 aliphatic rings. The Hall–Kier alpha value is -1.24. The smallest absolute Gasteiger partial charge is 0.237 e. The van der Waals surface area contributed by atoms with E-state index in [9.17, 15) is 0 Å². The molecular weight excluding hydrogens is 344 g/mol. The van der Waals surface area contributed by atoms with Crippen molar-refractivity contribution in [3.63, 3.8) is 0 Å². The van der Waals surface area contributed by atoms with Gasteiger partial charge in [0.25, 0.3) is 0 Å². The predicted octanol–water partition coefficient (Wildman–Crippen LogP) is 2.49. The van der Waals surface area contributed by atoms with E-state index in [0.29, 0.717) is 0 Å². The van der Waals surface area contributed by atoms with Crippen molar-refractivity contribution in [2.24, 2.45) is 0 Å². The molecule has 1 aromatic carbocycles. The highest BCUT2D eigenvalue weighted by molar-refractivity contribution is 9.10. The lowest BCUT2D eigenvalue weighted by Gasteiger charge is -2.30. The molecule has 1 atom stereocenters. The van der Waals surface area contributed by atoms with Gasteiger partial charge in [0.05, 0.1) is 11.5 Å². The van der Waals surface area contributed by atoms with Crippen LogP contribution in [0.15, 0.2) is 33.3 Å². The Morgan fingerprint density at radius 3 is 2.77 bits per heavy atom. The summed E-state index contributed by atoms with van der Waals surface area (Å²) >= 11 is 3.49. The molecule has 2 fully saturated rings. The predicted molar refractivity (Wildman–Crippen MR) is 86.7 cm³/mol. The number of rotatable bonds is 3. The lowest BCUT2D eigenvalue weighted by molar-refractivity contribution is 0.190. The van der Waals surface area contributed by atoms with Crippen molar-refractivity contribution in [2.45, 2.75) is 24.3 Å². The molecule has 0 bridgehead atoms. The van der Waals surface area contributed by atoms with Crippen LogP contribution in [-0.2, 0) is 5.41 Å². The Morgan fingerprint density at radius 1 is 1.32 bits per heavy atom. The molecule has 1 N–H and O–H groups in total. The summed E-state index contributed by atoms with van der Waals surface area (Å²) in [5.74, 6) is 1.57. The molecule has 1 unspecified atom stereocenters. The number of hydrogen-bond donors (Lipinski definition) is 1. The van der Waals surface area contributed by atoms with Gasteiger partial charge in [-0.15, -0.1) is 0 Å². The number of aromatic nitrogens is 2. The van der Waals surface area contributed by atoms with Crippen LogP contribution in [0.1, 0.15) is 36.2 Å². The van der Waals surface area contributed by atoms with E-state index in [0.717, 1.165) is 48.7 Å². The first-order valence-corrected chi connectivity index (χ1v) is 8.49. The SMILES string of the molecule is CN1CCNCC1c1noc(C2(c3ccc(Br)cc3)CC2)n1. The molecule has 0 amide bonds. The molecule has 1 saturated heterocycles. The Balaban J connectivity index is 1.62. The first-order valence-electron chi connectivity index (χ1n) is 7.70. The van der Waals surface area contributed by atoms with Gasteiger partial charge in [-0.05, 0) is 37.6 Å². The number of nitrogens with one attached hydrogen (secondary N) is 1. The topological polar surface area (TPSA) is 54.2 Å². The average Bonchev–Trinajstić information content (AvgIpc) is 3.19. The number of hydrogen-bond acceptors (Lipinski definition) is 5. The van der Waals surface area contributed by atoms with Gasteiger partial charge in [0.1, 0.15) is 0 Å². The summed E-state index contributed by atoms with van der Waals surface area (Å²) in [6.45, 7) is 2.90. The number of piperazine rings is 1. The first kappa shape index (κ1) is 14.4. The fourth-order valence-electron chi connectivity index (χ4n) is 3.18. The zero-order valence-electron chi connectivity index (χ0n) is 12.6. The molecular formula is C16H19BrN4O. The summed E-state index contributed by atoms with van der Waals surface area (Å²) in [5.41, 5.74) is 1.20. The van der Waals surface area contributed by atoms with Gasteiger partial charge in [-0.1, -0.05) is 33.2 Å². The van der Waals surface area contributed by atoms with Gasteiger partial charge in [0.15, 0.2) is 5.82 Å². The van der Waals surface area contributed by atoms with Crippen molar-refractivity contribution in [2.75, 3.05) is 26.7 Å². The Labute approximate surface area is 138 Å². The molecule has 2 aromatic rings. The molecule has 4 rings (SSSR count). The third kappa shape index (κ3) is 2.39. The minimum atomic E-state index is -0.0629. The number of benzene rings is 1. The standard InChI is InChI=1S/C16H19BrN4O/c1-21-9-8-18-10-13(21)14-19-15(22-20-14)16(6-7-16)11-2-4-12(17)5-3-11/h2-5,13,18H,6-10H2,1H3. The van der Waals surface area contributed by atoms with Crippen LogP contribution in [0.25, 0.3) is 0 Å². The Bertz CT molecular complexity index is 665. The summed E-state index contributed by atoms with van der Waals surface area (Å²) in [6.07, 6.45) is 2.16. The van der Waals surface area contributed by atoms with E-state index in [1.54, 1.807) is 0 Å². The maximum Gasteiger partial charge on any atom is 0.237 e. The lowest BCUT2D eigenvalue weighted by atomic mass is 9.96. The number of halogens is 1. The van der Waals surface area contributed by atoms with Gasteiger partial charge in [-0.3, -0.25) is 4.90 Å². The molecule has 22 heavy (non-hydrogen) atoms. The highest BCUT2D eigenvalue weighted by atomic mass is 79.9. The third-order valence-electron chi connectivity index (χ3n) is 4.81. The fourth-order valence-corrected chi connectivity index (χ4v) is 3.44. The Morgan fingerprint density at radius 2 is 2.09 bits per heavy atom. The van der Waals surface area contributed by atoms with Gasteiger partial charge >= 0.3 is 0 Å². The monoisotopic (exact) mass is 362 g/mol. The largest absolute Gasteiger partial charge is 0.338 e. The zero-order chi connectivity index (χ0) is 15.2. The van der Waals surface area contributed by atoms with E-state index in [1.165, 1.54) is 5.56 Å². The second-order valence-corrected chi connectivity index (χ2v) is 7.16. The summed E-state index contributed by atoms with van der Waals surface area (Å²) in [6, 6.07) is 8.65. The summed E-state index contributed by atoms with van der Waals surface area (Å²) in [5, 5.41) is 7.66. The van der Waals surface area contributed by atoms with E-state index in [4.69, 9.17) is 9.51 Å². The highest BCUT2D eigenvalue weighted by Crippen LogP contribution is 2.53. The van der Waals surface area contributed by atoms with Crippen LogP contribution in [0.5, 0.6) is 0 Å². The molecule has 1 aromatic heterocycles. The molecule has 1 saturated carbocycles. The molecule has 5 nitrogen and oxygen atoms in total. The minimum Gasteiger partial charge on any atom is -0.338 e. The first-order chi connectivity index (χ1) is 10.7. The van der Waals surface area contributed by atoms with Crippen molar-refractivity contribution in [3.05, 3.63) is 46.0 Å². The van der Waals surface area contributed by atoms with E-state index >= 15 is 0 Å². The van der Waals surface area contributed by atoms with Crippen LogP contribution in [-0.4, -0.2) is 41.7 Å². The fraction of sp³-hybridized carbons (Fsp3) is 0.500. The molecule has 1 aliphatic heterocycles. The molecule has 1 aliphatic carbocycles. The van der Waals surface area contributed by atoms with Crippen LogP contribution in [0, 0.1) is 0 Å². The normalized spacial score (nSPS) is 24.4. The quantitative estimate of drug-likeness (QED) is 0.908. The van der Waals surface area contributed by atoms with Gasteiger partial charge in [0, 0.05) is 24.1 Å². The maximum atomic E-state index is 5.65. The molecule has 0 spiro atoms. The Kier molecular flexibility index (Phi) is 3.55. The molecule has 0 radical (unpaired) electrons. The minimum absolute atomic E-state index is 0.0629. The van der Waals surface area contributed by atoms with Crippen molar-refractivity contribution in [3.8, 4) is 0 Å². The van der Waals surface area contributed by atoms with Crippen LogP contribution in [0.4, 0.5) is 0 Å². The van der Waals surface area contributed by atoms with E-state index in [1.807, 2.05) is 0 Å². The van der Waals surface area contributed by atoms with Gasteiger partial charge in [0.2, 0.25) is 5.89 Å². The van der Waals surface area contributed by atoms with Crippen molar-refractivity contribution in [1.29, 1.82) is 0 Å². The summed E-state index contributed by atoms with van der Waals surface area (Å²) in [7, 11) is 2.11. The highest BCUT2D eigenvalue weighted by Gasteiger charge is 2.51. The van der Waals surface area contributed by atoms with Crippen molar-refractivity contribution in [1.82, 2.24) is 20.4 Å². The van der Waals surface area contributed by atoms with Gasteiger partial charge in [-0.25, -0.2) is 0 Å². The molecule has 2 heterocycles. The second-order valence-electron chi connectivity index (χ2n) is 6.25. The van der Waals surface area contributed by atoms with Crippen LogP contribution in [0.2, 0.25) is 0 Å². The van der Waals surface area contributed by atoms with Crippen LogP contribution >= 0.6 is 15.9 Å². The summed E-state index contributed by atoms with van der Waals surface area (Å²) < 4.78 is 6.74. The van der Waals surface area contributed by atoms with Crippen molar-refractivity contribution >= 4 is 15.9 Å². The molecule has 116 valence electrons. The van der Waals surface area contributed by atoms with Gasteiger partial charge in [-0.2, -0.15) is 4.98 Å².